The summed E-state index contributed by atoms with van der Waals surface area (Å²) in [5, 5.41) is 3.31. The molecule has 0 saturated heterocycles. The van der Waals surface area contributed by atoms with Crippen LogP contribution in [0.1, 0.15) is 52.6 Å². The summed E-state index contributed by atoms with van der Waals surface area (Å²) in [6.07, 6.45) is 0.800. The monoisotopic (exact) mass is 433 g/mol. The lowest BCUT2D eigenvalue weighted by Gasteiger charge is -2.30. The first-order valence-corrected chi connectivity index (χ1v) is 11.2. The Morgan fingerprint density at radius 2 is 1.81 bits per heavy atom. The maximum Gasteiger partial charge on any atom is 0.338 e. The molecule has 0 aliphatic carbocycles. The Morgan fingerprint density at radius 3 is 2.50 bits per heavy atom. The summed E-state index contributed by atoms with van der Waals surface area (Å²) in [6, 6.07) is 15.6. The predicted octanol–water partition coefficient (Wildman–Crippen LogP) is 5.70. The van der Waals surface area contributed by atoms with Crippen LogP contribution in [0.25, 0.3) is 11.0 Å². The van der Waals surface area contributed by atoms with Gasteiger partial charge in [-0.3, -0.25) is 4.57 Å². The maximum absolute atomic E-state index is 13.2. The van der Waals surface area contributed by atoms with Gasteiger partial charge in [-0.05, 0) is 62.9 Å². The average Bonchev–Trinajstić information content (AvgIpc) is 3.10. The lowest BCUT2D eigenvalue weighted by atomic mass is 9.95. The summed E-state index contributed by atoms with van der Waals surface area (Å²) >= 11 is 0. The fraction of sp³-hybridized carbons (Fsp3) is 0.385. The van der Waals surface area contributed by atoms with Gasteiger partial charge < -0.3 is 14.8 Å². The highest BCUT2D eigenvalue weighted by atomic mass is 16.5. The number of fused-ring (bicyclic) bond motifs is 3. The predicted molar refractivity (Wildman–Crippen MR) is 127 cm³/mol. The summed E-state index contributed by atoms with van der Waals surface area (Å²) in [5.41, 5.74) is 4.14. The second-order valence-corrected chi connectivity index (χ2v) is 8.91. The molecule has 1 unspecified atom stereocenters. The molecule has 3 aromatic rings. The molecule has 0 saturated carbocycles. The van der Waals surface area contributed by atoms with Crippen molar-refractivity contribution in [3.63, 3.8) is 0 Å². The van der Waals surface area contributed by atoms with Gasteiger partial charge >= 0.3 is 5.97 Å². The number of imidazole rings is 1. The van der Waals surface area contributed by atoms with Crippen LogP contribution < -0.4 is 10.1 Å². The van der Waals surface area contributed by atoms with Crippen molar-refractivity contribution in [1.29, 1.82) is 0 Å². The van der Waals surface area contributed by atoms with E-state index in [1.807, 2.05) is 69.3 Å². The minimum Gasteiger partial charge on any atom is -0.494 e. The number of carbonyl (C=O) groups excluding carboxylic acids is 1. The first-order chi connectivity index (χ1) is 15.3. The summed E-state index contributed by atoms with van der Waals surface area (Å²) in [7, 11) is 0. The molecular formula is C26H31N3O3. The highest BCUT2D eigenvalue weighted by molar-refractivity contribution is 5.94. The van der Waals surface area contributed by atoms with Crippen LogP contribution in [0.5, 0.6) is 5.75 Å². The van der Waals surface area contributed by atoms with Crippen LogP contribution in [0.4, 0.5) is 5.95 Å². The highest BCUT2D eigenvalue weighted by Crippen LogP contribution is 2.40. The van der Waals surface area contributed by atoms with Crippen molar-refractivity contribution in [3.05, 3.63) is 65.4 Å². The smallest absolute Gasteiger partial charge is 0.338 e. The van der Waals surface area contributed by atoms with Gasteiger partial charge in [0.25, 0.3) is 0 Å². The molecule has 1 atom stereocenters. The lowest BCUT2D eigenvalue weighted by Crippen LogP contribution is -2.29. The van der Waals surface area contributed by atoms with E-state index in [0.717, 1.165) is 34.5 Å². The molecule has 168 valence electrons. The van der Waals surface area contributed by atoms with E-state index >= 15 is 0 Å². The van der Waals surface area contributed by atoms with Gasteiger partial charge in [0.15, 0.2) is 0 Å². The highest BCUT2D eigenvalue weighted by Gasteiger charge is 2.35. The molecule has 0 bridgehead atoms. The van der Waals surface area contributed by atoms with Crippen molar-refractivity contribution in [1.82, 2.24) is 9.55 Å². The summed E-state index contributed by atoms with van der Waals surface area (Å²) in [6.45, 7) is 10.7. The molecule has 6 nitrogen and oxygen atoms in total. The van der Waals surface area contributed by atoms with Gasteiger partial charge in [-0.15, -0.1) is 0 Å². The van der Waals surface area contributed by atoms with E-state index in [0.29, 0.717) is 24.0 Å². The number of allylic oxidation sites excluding steroid dienone is 1. The Labute approximate surface area is 189 Å². The molecule has 0 radical (unpaired) electrons. The number of anilines is 1. The number of rotatable bonds is 7. The van der Waals surface area contributed by atoms with Crippen LogP contribution in [0.2, 0.25) is 0 Å². The van der Waals surface area contributed by atoms with Crippen molar-refractivity contribution < 1.29 is 14.3 Å². The minimum absolute atomic E-state index is 0.207. The zero-order valence-corrected chi connectivity index (χ0v) is 19.4. The van der Waals surface area contributed by atoms with Gasteiger partial charge in [0, 0.05) is 5.70 Å². The maximum atomic E-state index is 13.2. The van der Waals surface area contributed by atoms with Gasteiger partial charge in [-0.1, -0.05) is 38.1 Å². The van der Waals surface area contributed by atoms with Crippen LogP contribution in [0.15, 0.2) is 59.8 Å². The Bertz CT molecular complexity index is 1140. The Morgan fingerprint density at radius 1 is 1.09 bits per heavy atom. The third-order valence-electron chi connectivity index (χ3n) is 5.55. The van der Waals surface area contributed by atoms with Crippen molar-refractivity contribution in [2.45, 2.75) is 53.2 Å². The Balaban J connectivity index is 1.76. The van der Waals surface area contributed by atoms with E-state index in [-0.39, 0.29) is 18.1 Å². The first kappa shape index (κ1) is 21.9. The van der Waals surface area contributed by atoms with Crippen LogP contribution in [-0.4, -0.2) is 28.2 Å². The van der Waals surface area contributed by atoms with Gasteiger partial charge in [0.1, 0.15) is 5.75 Å². The van der Waals surface area contributed by atoms with Crippen molar-refractivity contribution in [2.24, 2.45) is 5.92 Å². The molecular weight excluding hydrogens is 402 g/mol. The Kier molecular flexibility index (Phi) is 6.21. The number of nitrogens with zero attached hydrogens (tertiary/aromatic N) is 2. The van der Waals surface area contributed by atoms with Crippen LogP contribution >= 0.6 is 0 Å². The lowest BCUT2D eigenvalue weighted by molar-refractivity contribution is -0.143. The molecule has 0 spiro atoms. The second-order valence-electron chi connectivity index (χ2n) is 8.91. The number of aromatic nitrogens is 2. The normalized spacial score (nSPS) is 15.8. The molecule has 1 N–H and O–H groups in total. The molecule has 6 heteroatoms. The van der Waals surface area contributed by atoms with E-state index in [4.69, 9.17) is 14.5 Å². The number of hydrogen-bond acceptors (Lipinski definition) is 5. The van der Waals surface area contributed by atoms with E-state index in [1.54, 1.807) is 0 Å². The molecule has 1 aliphatic rings. The first-order valence-electron chi connectivity index (χ1n) is 11.2. The third-order valence-corrected chi connectivity index (χ3v) is 5.55. The molecule has 0 amide bonds. The van der Waals surface area contributed by atoms with E-state index < -0.39 is 0 Å². The molecule has 1 aliphatic heterocycles. The number of nitrogens with one attached hydrogen (secondary N) is 1. The fourth-order valence-corrected chi connectivity index (χ4v) is 3.98. The zero-order chi connectivity index (χ0) is 22.8. The number of carbonyl (C=O) groups is 1. The molecule has 0 fully saturated rings. The second kappa shape index (κ2) is 9.07. The summed E-state index contributed by atoms with van der Waals surface area (Å²) in [5.74, 6) is 1.81. The van der Waals surface area contributed by atoms with E-state index in [9.17, 15) is 4.79 Å². The zero-order valence-electron chi connectivity index (χ0n) is 19.4. The van der Waals surface area contributed by atoms with Crippen molar-refractivity contribution >= 4 is 23.0 Å². The molecule has 32 heavy (non-hydrogen) atoms. The number of esters is 1. The Hall–Kier alpha value is -3.28. The molecule has 1 aromatic heterocycles. The minimum atomic E-state index is -0.352. The van der Waals surface area contributed by atoms with Crippen molar-refractivity contribution in [3.8, 4) is 5.75 Å². The number of benzene rings is 2. The number of hydrogen-bond donors (Lipinski definition) is 1. The quantitative estimate of drug-likeness (QED) is 0.484. The topological polar surface area (TPSA) is 65.4 Å². The number of ether oxygens (including phenoxy) is 2. The average molecular weight is 434 g/mol. The molecule has 4 rings (SSSR count). The summed E-state index contributed by atoms with van der Waals surface area (Å²) < 4.78 is 13.6. The molecule has 2 heterocycles. The van der Waals surface area contributed by atoms with Crippen LogP contribution in [0, 0.1) is 5.92 Å². The fourth-order valence-electron chi connectivity index (χ4n) is 3.98. The third kappa shape index (κ3) is 4.35. The van der Waals surface area contributed by atoms with Gasteiger partial charge in [0.05, 0.1) is 35.4 Å². The summed E-state index contributed by atoms with van der Waals surface area (Å²) in [4.78, 5) is 17.9. The molecule has 2 aromatic carbocycles. The number of para-hydroxylation sites is 2. The van der Waals surface area contributed by atoms with Crippen molar-refractivity contribution in [2.75, 3.05) is 11.9 Å². The van der Waals surface area contributed by atoms with Gasteiger partial charge in [-0.2, -0.15) is 0 Å². The van der Waals surface area contributed by atoms with Crippen LogP contribution in [-0.2, 0) is 9.53 Å². The SMILES string of the molecule is CC1=C(C(=O)OC(C)C)C(c2ccc(OCCC(C)C)cc2)n2c(nc3ccccc32)N1. The van der Waals surface area contributed by atoms with Crippen LogP contribution in [0.3, 0.4) is 0 Å². The van der Waals surface area contributed by atoms with E-state index in [1.165, 1.54) is 0 Å². The largest absolute Gasteiger partial charge is 0.494 e. The van der Waals surface area contributed by atoms with E-state index in [2.05, 4.69) is 23.7 Å². The standard InChI is InChI=1S/C26H31N3O3/c1-16(2)14-15-31-20-12-10-19(11-13-20)24-23(25(30)32-17(3)4)18(5)27-26-28-21-8-6-7-9-22(21)29(24)26/h6-13,16-17,24H,14-15H2,1-5H3,(H,27,28). The van der Waals surface area contributed by atoms with Gasteiger partial charge in [0.2, 0.25) is 5.95 Å². The van der Waals surface area contributed by atoms with Gasteiger partial charge in [-0.25, -0.2) is 9.78 Å².